The molecule has 1 aliphatic rings. The van der Waals surface area contributed by atoms with Crippen molar-refractivity contribution in [1.29, 1.82) is 0 Å². The zero-order valence-corrected chi connectivity index (χ0v) is 17.7. The molecule has 7 heteroatoms. The molecule has 3 N–H and O–H groups in total. The lowest BCUT2D eigenvalue weighted by molar-refractivity contribution is 0.305. The zero-order chi connectivity index (χ0) is 21.4. The summed E-state index contributed by atoms with van der Waals surface area (Å²) in [7, 11) is 0. The monoisotopic (exact) mass is 434 g/mol. The van der Waals surface area contributed by atoms with Gasteiger partial charge < -0.3 is 15.9 Å². The fourth-order valence-electron chi connectivity index (χ4n) is 4.18. The molecule has 0 bridgehead atoms. The number of nitrogens with zero attached hydrogens (tertiary/aromatic N) is 2. The van der Waals surface area contributed by atoms with Crippen LogP contribution < -0.4 is 21.5 Å². The van der Waals surface area contributed by atoms with E-state index in [2.05, 4.69) is 11.4 Å². The number of halogens is 1. The number of fused-ring (bicyclic) bond motifs is 3. The predicted molar refractivity (Wildman–Crippen MR) is 124 cm³/mol. The maximum Gasteiger partial charge on any atom is 0.258 e. The molecule has 4 aromatic rings. The Labute approximate surface area is 184 Å². The van der Waals surface area contributed by atoms with Gasteiger partial charge in [0.15, 0.2) is 0 Å². The van der Waals surface area contributed by atoms with Crippen LogP contribution in [0.15, 0.2) is 65.6 Å². The molecule has 0 radical (unpaired) electrons. The first-order chi connectivity index (χ1) is 15.1. The molecular weight excluding hydrogens is 412 g/mol. The van der Waals surface area contributed by atoms with Gasteiger partial charge in [-0.2, -0.15) is 0 Å². The summed E-state index contributed by atoms with van der Waals surface area (Å²) >= 11 is 5.91. The topological polar surface area (TPSA) is 74.2 Å². The Kier molecular flexibility index (Phi) is 5.18. The lowest BCUT2D eigenvalue weighted by Crippen LogP contribution is -2.19. The van der Waals surface area contributed by atoms with Gasteiger partial charge in [0, 0.05) is 41.3 Å². The van der Waals surface area contributed by atoms with Crippen molar-refractivity contribution in [2.75, 3.05) is 18.9 Å². The number of benzene rings is 2. The summed E-state index contributed by atoms with van der Waals surface area (Å²) in [6.45, 7) is 2.24. The van der Waals surface area contributed by atoms with Gasteiger partial charge in [-0.3, -0.25) is 14.0 Å². The first-order valence-corrected chi connectivity index (χ1v) is 10.7. The minimum atomic E-state index is -0.158. The quantitative estimate of drug-likeness (QED) is 0.482. The Hall–Kier alpha value is -3.22. The van der Waals surface area contributed by atoms with Crippen LogP contribution in [-0.2, 0) is 19.4 Å². The van der Waals surface area contributed by atoms with E-state index in [9.17, 15) is 4.79 Å². The molecule has 5 rings (SSSR count). The molecule has 0 atom stereocenters. The van der Waals surface area contributed by atoms with Gasteiger partial charge in [0.1, 0.15) is 12.4 Å². The molecule has 0 unspecified atom stereocenters. The highest BCUT2D eigenvalue weighted by molar-refractivity contribution is 6.30. The van der Waals surface area contributed by atoms with E-state index in [-0.39, 0.29) is 5.56 Å². The Morgan fingerprint density at radius 2 is 1.84 bits per heavy atom. The first kappa shape index (κ1) is 19.7. The molecule has 0 spiro atoms. The minimum absolute atomic E-state index is 0.158. The highest BCUT2D eigenvalue weighted by Gasteiger charge is 2.18. The van der Waals surface area contributed by atoms with Gasteiger partial charge in [-0.1, -0.05) is 29.8 Å². The molecule has 3 heterocycles. The van der Waals surface area contributed by atoms with Crippen LogP contribution in [0, 0.1) is 0 Å². The molecule has 0 aliphatic carbocycles. The van der Waals surface area contributed by atoms with E-state index < -0.39 is 0 Å². The third-order valence-electron chi connectivity index (χ3n) is 5.78. The second kappa shape index (κ2) is 8.13. The number of ether oxygens (including phenoxy) is 1. The van der Waals surface area contributed by atoms with Gasteiger partial charge in [-0.15, -0.1) is 0 Å². The average Bonchev–Trinajstić information content (AvgIpc) is 2.93. The Bertz CT molecular complexity index is 1310. The van der Waals surface area contributed by atoms with Crippen molar-refractivity contribution < 1.29 is 4.74 Å². The van der Waals surface area contributed by atoms with Crippen molar-refractivity contribution in [3.8, 4) is 11.4 Å². The lowest BCUT2D eigenvalue weighted by Gasteiger charge is -2.10. The maximum atomic E-state index is 12.8. The van der Waals surface area contributed by atoms with E-state index in [4.69, 9.17) is 22.2 Å². The predicted octanol–water partition coefficient (Wildman–Crippen LogP) is 3.43. The Balaban J connectivity index is 1.42. The minimum Gasteiger partial charge on any atom is -0.489 e. The highest BCUT2D eigenvalue weighted by atomic mass is 35.5. The summed E-state index contributed by atoms with van der Waals surface area (Å²) < 4.78 is 9.15. The van der Waals surface area contributed by atoms with E-state index in [1.165, 1.54) is 11.6 Å². The number of hydrogen-bond acceptors (Lipinski definition) is 4. The maximum absolute atomic E-state index is 12.8. The van der Waals surface area contributed by atoms with E-state index in [1.54, 1.807) is 21.5 Å². The van der Waals surface area contributed by atoms with Crippen LogP contribution in [0.2, 0.25) is 5.02 Å². The normalized spacial score (nSPS) is 13.7. The van der Waals surface area contributed by atoms with E-state index >= 15 is 0 Å². The van der Waals surface area contributed by atoms with Gasteiger partial charge >= 0.3 is 0 Å². The Morgan fingerprint density at radius 3 is 2.65 bits per heavy atom. The molecular formula is C24H23ClN4O2. The summed E-state index contributed by atoms with van der Waals surface area (Å²) in [5, 5.41) is 5.25. The van der Waals surface area contributed by atoms with Crippen LogP contribution in [0.4, 0.5) is 0 Å². The summed E-state index contributed by atoms with van der Waals surface area (Å²) in [4.78, 5) is 12.8. The van der Waals surface area contributed by atoms with Crippen LogP contribution in [-0.4, -0.2) is 22.3 Å². The van der Waals surface area contributed by atoms with Crippen molar-refractivity contribution in [3.63, 3.8) is 0 Å². The number of hydrogen-bond donors (Lipinski definition) is 2. The van der Waals surface area contributed by atoms with E-state index in [1.807, 2.05) is 36.4 Å². The molecule has 2 aromatic heterocycles. The third-order valence-corrected chi connectivity index (χ3v) is 6.04. The standard InChI is InChI=1S/C24H23ClN4O2/c25-17-3-1-16(2-4-17)15-31-19-9-12-28(24(30)14-19)18-5-6-20-21-7-10-27-11-8-22(21)29(26)23(20)13-18/h1-6,9,12-14,27H,7-8,10-11,15,26H2. The molecule has 6 nitrogen and oxygen atoms in total. The number of pyridine rings is 1. The zero-order valence-electron chi connectivity index (χ0n) is 17.0. The summed E-state index contributed by atoms with van der Waals surface area (Å²) in [5.74, 6) is 6.94. The summed E-state index contributed by atoms with van der Waals surface area (Å²) in [6, 6.07) is 16.7. The van der Waals surface area contributed by atoms with Crippen molar-refractivity contribution in [2.24, 2.45) is 0 Å². The van der Waals surface area contributed by atoms with Crippen LogP contribution in [0.1, 0.15) is 16.8 Å². The number of aromatic nitrogens is 2. The Morgan fingerprint density at radius 1 is 1.03 bits per heavy atom. The largest absolute Gasteiger partial charge is 0.489 e. The molecule has 0 saturated carbocycles. The summed E-state index contributed by atoms with van der Waals surface area (Å²) in [5.41, 5.74) is 5.01. The lowest BCUT2D eigenvalue weighted by atomic mass is 10.1. The number of nitrogens with one attached hydrogen (secondary N) is 1. The number of nitrogens with two attached hydrogens (primary N) is 1. The molecule has 0 fully saturated rings. The fraction of sp³-hybridized carbons (Fsp3) is 0.208. The van der Waals surface area contributed by atoms with Crippen molar-refractivity contribution in [3.05, 3.63) is 93.0 Å². The van der Waals surface area contributed by atoms with Gasteiger partial charge in [-0.25, -0.2) is 0 Å². The van der Waals surface area contributed by atoms with Gasteiger partial charge in [0.25, 0.3) is 5.56 Å². The third kappa shape index (κ3) is 3.80. The second-order valence-corrected chi connectivity index (χ2v) is 8.17. The van der Waals surface area contributed by atoms with Crippen LogP contribution in [0.3, 0.4) is 0 Å². The number of nitrogen functional groups attached to an aromatic ring is 1. The van der Waals surface area contributed by atoms with Crippen LogP contribution in [0.25, 0.3) is 16.6 Å². The molecule has 0 saturated heterocycles. The average molecular weight is 435 g/mol. The molecule has 31 heavy (non-hydrogen) atoms. The van der Waals surface area contributed by atoms with Gasteiger partial charge in [0.05, 0.1) is 11.2 Å². The first-order valence-electron chi connectivity index (χ1n) is 10.3. The van der Waals surface area contributed by atoms with Gasteiger partial charge in [0.2, 0.25) is 0 Å². The highest BCUT2D eigenvalue weighted by Crippen LogP contribution is 2.28. The van der Waals surface area contributed by atoms with Gasteiger partial charge in [-0.05, 0) is 54.4 Å². The molecule has 2 aromatic carbocycles. The molecule has 1 aliphatic heterocycles. The SMILES string of the molecule is Nn1c2c(c3ccc(-n4ccc(OCc5ccc(Cl)cc5)cc4=O)cc31)CCNCC2. The fourth-order valence-corrected chi connectivity index (χ4v) is 4.30. The molecule has 0 amide bonds. The molecule has 158 valence electrons. The van der Waals surface area contributed by atoms with E-state index in [0.29, 0.717) is 17.4 Å². The van der Waals surface area contributed by atoms with Crippen molar-refractivity contribution in [2.45, 2.75) is 19.4 Å². The van der Waals surface area contributed by atoms with Crippen LogP contribution in [0.5, 0.6) is 5.75 Å². The van der Waals surface area contributed by atoms with Crippen molar-refractivity contribution >= 4 is 22.5 Å². The van der Waals surface area contributed by atoms with Crippen LogP contribution >= 0.6 is 11.6 Å². The summed E-state index contributed by atoms with van der Waals surface area (Å²) in [6.07, 6.45) is 3.59. The van der Waals surface area contributed by atoms with Crippen molar-refractivity contribution in [1.82, 2.24) is 14.6 Å². The number of rotatable bonds is 4. The smallest absolute Gasteiger partial charge is 0.258 e. The second-order valence-electron chi connectivity index (χ2n) is 7.73. The van der Waals surface area contributed by atoms with E-state index in [0.717, 1.165) is 53.8 Å².